The molecule has 0 aromatic heterocycles. The lowest BCUT2D eigenvalue weighted by molar-refractivity contribution is 0.250. The standard InChI is InChI=1S/C12H27N3O2S/c1-4-13-9-7-10-14(3)18(16,17)15-11-6-5-8-12(15)2/h12-13H,4-11H2,1-3H3. The van der Waals surface area contributed by atoms with Gasteiger partial charge in [0.25, 0.3) is 10.2 Å². The molecule has 0 spiro atoms. The van der Waals surface area contributed by atoms with Crippen molar-refractivity contribution in [3.63, 3.8) is 0 Å². The van der Waals surface area contributed by atoms with Crippen LogP contribution in [0.1, 0.15) is 39.5 Å². The normalized spacial score (nSPS) is 22.6. The van der Waals surface area contributed by atoms with Crippen LogP contribution in [0.25, 0.3) is 0 Å². The number of nitrogens with one attached hydrogen (secondary N) is 1. The van der Waals surface area contributed by atoms with E-state index < -0.39 is 10.2 Å². The average Bonchev–Trinajstić information content (AvgIpc) is 2.34. The Bertz CT molecular complexity index is 332. The van der Waals surface area contributed by atoms with Crippen molar-refractivity contribution in [3.05, 3.63) is 0 Å². The lowest BCUT2D eigenvalue weighted by atomic mass is 10.1. The fourth-order valence-corrected chi connectivity index (χ4v) is 3.95. The minimum atomic E-state index is -3.26. The van der Waals surface area contributed by atoms with Crippen LogP contribution in [0.3, 0.4) is 0 Å². The number of hydrogen-bond acceptors (Lipinski definition) is 3. The summed E-state index contributed by atoms with van der Waals surface area (Å²) < 4.78 is 27.9. The van der Waals surface area contributed by atoms with Crippen molar-refractivity contribution in [1.29, 1.82) is 0 Å². The number of hydrogen-bond donors (Lipinski definition) is 1. The van der Waals surface area contributed by atoms with Crippen LogP contribution in [0, 0.1) is 0 Å². The van der Waals surface area contributed by atoms with Crippen LogP contribution in [0.2, 0.25) is 0 Å². The average molecular weight is 277 g/mol. The van der Waals surface area contributed by atoms with E-state index in [0.717, 1.165) is 38.8 Å². The highest BCUT2D eigenvalue weighted by Crippen LogP contribution is 2.21. The van der Waals surface area contributed by atoms with Crippen molar-refractivity contribution in [1.82, 2.24) is 13.9 Å². The molecule has 1 aliphatic heterocycles. The topological polar surface area (TPSA) is 52.7 Å². The van der Waals surface area contributed by atoms with Gasteiger partial charge >= 0.3 is 0 Å². The van der Waals surface area contributed by atoms with Gasteiger partial charge in [0.2, 0.25) is 0 Å². The molecular formula is C12H27N3O2S. The molecule has 1 heterocycles. The maximum Gasteiger partial charge on any atom is 0.281 e. The first-order valence-electron chi connectivity index (χ1n) is 6.94. The second-order valence-electron chi connectivity index (χ2n) is 4.99. The third-order valence-corrected chi connectivity index (χ3v) is 5.61. The molecule has 18 heavy (non-hydrogen) atoms. The molecule has 1 rings (SSSR count). The van der Waals surface area contributed by atoms with Crippen molar-refractivity contribution >= 4 is 10.2 Å². The lowest BCUT2D eigenvalue weighted by Gasteiger charge is -2.35. The summed E-state index contributed by atoms with van der Waals surface area (Å²) in [6.45, 7) is 7.10. The van der Waals surface area contributed by atoms with Gasteiger partial charge in [0.05, 0.1) is 0 Å². The third-order valence-electron chi connectivity index (χ3n) is 3.51. The Labute approximate surface area is 112 Å². The zero-order chi connectivity index (χ0) is 13.6. The van der Waals surface area contributed by atoms with Crippen molar-refractivity contribution in [2.24, 2.45) is 0 Å². The van der Waals surface area contributed by atoms with Gasteiger partial charge in [0.1, 0.15) is 0 Å². The summed E-state index contributed by atoms with van der Waals surface area (Å²) in [4.78, 5) is 0. The molecule has 6 heteroatoms. The van der Waals surface area contributed by atoms with Gasteiger partial charge in [-0.3, -0.25) is 0 Å². The molecule has 5 nitrogen and oxygen atoms in total. The minimum absolute atomic E-state index is 0.139. The van der Waals surface area contributed by atoms with E-state index in [4.69, 9.17) is 0 Å². The molecule has 0 bridgehead atoms. The Kier molecular flexibility index (Phi) is 6.55. The summed E-state index contributed by atoms with van der Waals surface area (Å²) >= 11 is 0. The summed E-state index contributed by atoms with van der Waals surface area (Å²) in [6, 6.07) is 0.139. The van der Waals surface area contributed by atoms with Gasteiger partial charge in [0.15, 0.2) is 0 Å². The highest BCUT2D eigenvalue weighted by Gasteiger charge is 2.32. The molecule has 1 N–H and O–H groups in total. The van der Waals surface area contributed by atoms with E-state index in [1.165, 1.54) is 4.31 Å². The van der Waals surface area contributed by atoms with E-state index in [9.17, 15) is 8.42 Å². The van der Waals surface area contributed by atoms with E-state index in [-0.39, 0.29) is 6.04 Å². The molecule has 1 saturated heterocycles. The predicted octanol–water partition coefficient (Wildman–Crippen LogP) is 1.04. The van der Waals surface area contributed by atoms with Gasteiger partial charge in [-0.15, -0.1) is 0 Å². The molecule has 0 aromatic carbocycles. The van der Waals surface area contributed by atoms with Crippen LogP contribution in [0.5, 0.6) is 0 Å². The van der Waals surface area contributed by atoms with Crippen LogP contribution < -0.4 is 5.32 Å². The predicted molar refractivity (Wildman–Crippen MR) is 74.7 cm³/mol. The zero-order valence-electron chi connectivity index (χ0n) is 11.9. The maximum atomic E-state index is 12.4. The molecular weight excluding hydrogens is 250 g/mol. The Morgan fingerprint density at radius 2 is 2.11 bits per heavy atom. The number of nitrogens with zero attached hydrogens (tertiary/aromatic N) is 2. The second-order valence-corrected chi connectivity index (χ2v) is 6.98. The number of rotatable bonds is 7. The van der Waals surface area contributed by atoms with Crippen molar-refractivity contribution in [2.75, 3.05) is 33.2 Å². The monoisotopic (exact) mass is 277 g/mol. The third kappa shape index (κ3) is 4.19. The summed E-state index contributed by atoms with van der Waals surface area (Å²) in [5.74, 6) is 0. The van der Waals surface area contributed by atoms with Crippen molar-refractivity contribution < 1.29 is 8.42 Å². The van der Waals surface area contributed by atoms with E-state index in [0.29, 0.717) is 13.1 Å². The van der Waals surface area contributed by atoms with Crippen molar-refractivity contribution in [2.45, 2.75) is 45.6 Å². The van der Waals surface area contributed by atoms with Crippen LogP contribution >= 0.6 is 0 Å². The molecule has 0 saturated carbocycles. The van der Waals surface area contributed by atoms with Crippen LogP contribution in [0.4, 0.5) is 0 Å². The first-order valence-corrected chi connectivity index (χ1v) is 8.33. The molecule has 0 radical (unpaired) electrons. The van der Waals surface area contributed by atoms with Gasteiger partial charge < -0.3 is 5.32 Å². The first kappa shape index (κ1) is 15.9. The summed E-state index contributed by atoms with van der Waals surface area (Å²) in [6.07, 6.45) is 3.95. The quantitative estimate of drug-likeness (QED) is 0.707. The van der Waals surface area contributed by atoms with Gasteiger partial charge in [-0.2, -0.15) is 17.0 Å². The SMILES string of the molecule is CCNCCCN(C)S(=O)(=O)N1CCCCC1C. The number of piperidine rings is 1. The fourth-order valence-electron chi connectivity index (χ4n) is 2.31. The van der Waals surface area contributed by atoms with Gasteiger partial charge in [-0.05, 0) is 39.3 Å². The zero-order valence-corrected chi connectivity index (χ0v) is 12.7. The maximum absolute atomic E-state index is 12.4. The van der Waals surface area contributed by atoms with Gasteiger partial charge in [-0.25, -0.2) is 0 Å². The highest BCUT2D eigenvalue weighted by atomic mass is 32.2. The summed E-state index contributed by atoms with van der Waals surface area (Å²) in [5, 5.41) is 3.21. The largest absolute Gasteiger partial charge is 0.317 e. The Morgan fingerprint density at radius 3 is 2.72 bits per heavy atom. The minimum Gasteiger partial charge on any atom is -0.317 e. The Hall–Kier alpha value is -0.170. The Balaban J connectivity index is 2.50. The van der Waals surface area contributed by atoms with Crippen LogP contribution in [-0.4, -0.2) is 56.3 Å². The molecule has 0 aromatic rings. The summed E-state index contributed by atoms with van der Waals surface area (Å²) in [5.41, 5.74) is 0. The smallest absolute Gasteiger partial charge is 0.281 e. The lowest BCUT2D eigenvalue weighted by Crippen LogP contribution is -2.48. The molecule has 108 valence electrons. The molecule has 0 amide bonds. The van der Waals surface area contributed by atoms with Gasteiger partial charge in [-0.1, -0.05) is 13.3 Å². The highest BCUT2D eigenvalue weighted by molar-refractivity contribution is 7.86. The van der Waals surface area contributed by atoms with Crippen LogP contribution in [-0.2, 0) is 10.2 Å². The molecule has 1 aliphatic rings. The molecule has 1 fully saturated rings. The van der Waals surface area contributed by atoms with Gasteiger partial charge in [0, 0.05) is 26.2 Å². The van der Waals surface area contributed by atoms with Crippen LogP contribution in [0.15, 0.2) is 0 Å². The fraction of sp³-hybridized carbons (Fsp3) is 1.00. The first-order chi connectivity index (χ1) is 8.50. The van der Waals surface area contributed by atoms with E-state index >= 15 is 0 Å². The van der Waals surface area contributed by atoms with E-state index in [1.807, 2.05) is 6.92 Å². The molecule has 1 unspecified atom stereocenters. The van der Waals surface area contributed by atoms with Crippen molar-refractivity contribution in [3.8, 4) is 0 Å². The Morgan fingerprint density at radius 1 is 1.39 bits per heavy atom. The molecule has 0 aliphatic carbocycles. The molecule has 1 atom stereocenters. The summed E-state index contributed by atoms with van der Waals surface area (Å²) in [7, 11) is -1.58. The van der Waals surface area contributed by atoms with E-state index in [1.54, 1.807) is 11.4 Å². The second kappa shape index (κ2) is 7.43. The van der Waals surface area contributed by atoms with E-state index in [2.05, 4.69) is 12.2 Å².